The maximum absolute atomic E-state index is 13.8. The van der Waals surface area contributed by atoms with Crippen LogP contribution < -0.4 is 20.7 Å². The highest BCUT2D eigenvalue weighted by Gasteiger charge is 2.46. The number of hydrogen-bond donors (Lipinski definition) is 1. The Labute approximate surface area is 203 Å². The van der Waals surface area contributed by atoms with E-state index in [0.29, 0.717) is 36.4 Å². The third kappa shape index (κ3) is 3.83. The van der Waals surface area contributed by atoms with Crippen molar-refractivity contribution in [3.05, 3.63) is 68.6 Å². The maximum atomic E-state index is 13.8. The number of carboxylic acids is 1. The topological polar surface area (TPSA) is 95.1 Å². The zero-order chi connectivity index (χ0) is 25.0. The van der Waals surface area contributed by atoms with E-state index >= 15 is 0 Å². The van der Waals surface area contributed by atoms with Gasteiger partial charge in [0.15, 0.2) is 11.5 Å². The molecule has 1 aliphatic carbocycles. The quantitative estimate of drug-likeness (QED) is 0.607. The first kappa shape index (κ1) is 23.0. The summed E-state index contributed by atoms with van der Waals surface area (Å²) in [6, 6.07) is 9.47. The van der Waals surface area contributed by atoms with Crippen LogP contribution in [-0.2, 0) is 17.8 Å². The van der Waals surface area contributed by atoms with E-state index in [2.05, 4.69) is 12.1 Å². The summed E-state index contributed by atoms with van der Waals surface area (Å²) in [6.45, 7) is 6.52. The number of ether oxygens (including phenoxy) is 2. The largest absolute Gasteiger partial charge is 0.493 e. The molecule has 0 saturated heterocycles. The molecule has 0 amide bonds. The average Bonchev–Trinajstić information content (AvgIpc) is 3.61. The molecule has 2 heterocycles. The van der Waals surface area contributed by atoms with Crippen LogP contribution in [-0.4, -0.2) is 34.4 Å². The zero-order valence-electron chi connectivity index (χ0n) is 20.6. The minimum absolute atomic E-state index is 0.238. The first-order chi connectivity index (χ1) is 16.7. The summed E-state index contributed by atoms with van der Waals surface area (Å²) >= 11 is 0. The van der Waals surface area contributed by atoms with E-state index in [4.69, 9.17) is 14.5 Å². The van der Waals surface area contributed by atoms with Gasteiger partial charge in [-0.05, 0) is 62.4 Å². The number of aliphatic carboxylic acids is 1. The molecule has 1 saturated carbocycles. The summed E-state index contributed by atoms with van der Waals surface area (Å²) < 4.78 is 14.3. The molecule has 0 radical (unpaired) electrons. The summed E-state index contributed by atoms with van der Waals surface area (Å²) in [5.41, 5.74) is 6.85. The highest BCUT2D eigenvalue weighted by molar-refractivity contribution is 5.74. The van der Waals surface area contributed by atoms with Crippen molar-refractivity contribution in [2.45, 2.75) is 46.2 Å². The first-order valence-electron chi connectivity index (χ1n) is 11.7. The predicted molar refractivity (Wildman–Crippen MR) is 132 cm³/mol. The van der Waals surface area contributed by atoms with Gasteiger partial charge in [0.2, 0.25) is 0 Å². The molecule has 35 heavy (non-hydrogen) atoms. The van der Waals surface area contributed by atoms with Gasteiger partial charge in [-0.2, -0.15) is 0 Å². The van der Waals surface area contributed by atoms with Crippen LogP contribution in [0.2, 0.25) is 0 Å². The molecule has 1 aliphatic heterocycles. The molecule has 2 atom stereocenters. The van der Waals surface area contributed by atoms with Crippen LogP contribution in [0.4, 0.5) is 5.69 Å². The molecule has 1 N–H and O–H groups in total. The normalized spacial score (nSPS) is 18.6. The molecule has 0 bridgehead atoms. The maximum Gasteiger partial charge on any atom is 0.330 e. The summed E-state index contributed by atoms with van der Waals surface area (Å²) in [5, 5.41) is 9.57. The molecule has 5 rings (SSSR count). The van der Waals surface area contributed by atoms with Gasteiger partial charge in [0, 0.05) is 18.2 Å². The number of methoxy groups -OCH3 is 2. The molecule has 1 aromatic heterocycles. The van der Waals surface area contributed by atoms with Gasteiger partial charge in [0.25, 0.3) is 0 Å². The van der Waals surface area contributed by atoms with Crippen molar-refractivity contribution in [2.24, 2.45) is 10.9 Å². The van der Waals surface area contributed by atoms with Crippen molar-refractivity contribution in [3.8, 4) is 22.8 Å². The van der Waals surface area contributed by atoms with E-state index in [-0.39, 0.29) is 5.69 Å². The number of aryl methyl sites for hydroxylation is 4. The fourth-order valence-corrected chi connectivity index (χ4v) is 5.23. The van der Waals surface area contributed by atoms with Crippen LogP contribution in [0.15, 0.2) is 40.1 Å². The Morgan fingerprint density at radius 3 is 2.29 bits per heavy atom. The van der Waals surface area contributed by atoms with Crippen molar-refractivity contribution in [3.63, 3.8) is 0 Å². The smallest absolute Gasteiger partial charge is 0.330 e. The fourth-order valence-electron chi connectivity index (χ4n) is 5.23. The summed E-state index contributed by atoms with van der Waals surface area (Å²) in [7, 11) is 3.19. The Morgan fingerprint density at radius 1 is 1.03 bits per heavy atom. The first-order valence-corrected chi connectivity index (χ1v) is 11.7. The number of nitrogens with zero attached hydrogens (tertiary/aromatic N) is 3. The average molecular weight is 476 g/mol. The van der Waals surface area contributed by atoms with Gasteiger partial charge >= 0.3 is 11.7 Å². The monoisotopic (exact) mass is 475 g/mol. The van der Waals surface area contributed by atoms with Crippen molar-refractivity contribution in [2.75, 3.05) is 14.2 Å². The van der Waals surface area contributed by atoms with Crippen LogP contribution >= 0.6 is 0 Å². The SMILES string of the molecule is COc1cc2c(cc1OC)-c1c/c(=N\c3c(C)cc(C)cc3C)n(C3CC3C(=O)O)c(=O)n1CC2. The molecule has 8 heteroatoms. The highest BCUT2D eigenvalue weighted by Crippen LogP contribution is 2.42. The van der Waals surface area contributed by atoms with Gasteiger partial charge < -0.3 is 14.6 Å². The standard InChI is InChI=1S/C27H29N3O5/c1-14-8-15(2)25(16(3)9-14)28-24-13-20-18-12-23(35-5)22(34-4)10-17(18)6-7-29(20)27(33)30(24)21-11-19(21)26(31)32/h8-10,12-13,19,21H,6-7,11H2,1-5H3,(H,31,32)/b28-24+. The van der Waals surface area contributed by atoms with Gasteiger partial charge in [-0.3, -0.25) is 13.9 Å². The molecule has 2 unspecified atom stereocenters. The summed E-state index contributed by atoms with van der Waals surface area (Å²) in [6.07, 6.45) is 1.08. The van der Waals surface area contributed by atoms with Gasteiger partial charge in [-0.1, -0.05) is 17.7 Å². The van der Waals surface area contributed by atoms with Crippen molar-refractivity contribution < 1.29 is 19.4 Å². The number of fused-ring (bicyclic) bond motifs is 3. The molecule has 1 fully saturated rings. The van der Waals surface area contributed by atoms with E-state index in [1.807, 2.05) is 39.0 Å². The van der Waals surface area contributed by atoms with Gasteiger partial charge in [-0.15, -0.1) is 0 Å². The van der Waals surface area contributed by atoms with E-state index in [9.17, 15) is 14.7 Å². The van der Waals surface area contributed by atoms with Crippen LogP contribution in [0, 0.1) is 26.7 Å². The van der Waals surface area contributed by atoms with Crippen LogP contribution in [0.1, 0.15) is 34.7 Å². The van der Waals surface area contributed by atoms with E-state index < -0.39 is 17.9 Å². The summed E-state index contributed by atoms with van der Waals surface area (Å²) in [5.74, 6) is -0.243. The summed E-state index contributed by atoms with van der Waals surface area (Å²) in [4.78, 5) is 30.4. The molecular weight excluding hydrogens is 446 g/mol. The number of carbonyl (C=O) groups is 1. The van der Waals surface area contributed by atoms with Gasteiger partial charge in [0.1, 0.15) is 5.49 Å². The van der Waals surface area contributed by atoms with Crippen molar-refractivity contribution >= 4 is 11.7 Å². The number of benzene rings is 2. The number of carboxylic acid groups (broad SMARTS) is 1. The molecule has 3 aromatic rings. The zero-order valence-corrected chi connectivity index (χ0v) is 20.6. The van der Waals surface area contributed by atoms with Crippen LogP contribution in [0.3, 0.4) is 0 Å². The lowest BCUT2D eigenvalue weighted by Crippen LogP contribution is -2.42. The van der Waals surface area contributed by atoms with Crippen molar-refractivity contribution in [1.82, 2.24) is 9.13 Å². The third-order valence-electron chi connectivity index (χ3n) is 7.00. The molecular formula is C27H29N3O5. The lowest BCUT2D eigenvalue weighted by molar-refractivity contribution is -0.138. The predicted octanol–water partition coefficient (Wildman–Crippen LogP) is 3.69. The number of rotatable bonds is 5. The molecule has 0 spiro atoms. The molecule has 2 aliphatic rings. The Kier molecular flexibility index (Phi) is 5.54. The number of aromatic nitrogens is 2. The molecule has 2 aromatic carbocycles. The second-order valence-corrected chi connectivity index (χ2v) is 9.41. The van der Waals surface area contributed by atoms with Gasteiger partial charge in [-0.25, -0.2) is 9.79 Å². The lowest BCUT2D eigenvalue weighted by atomic mass is 9.97. The van der Waals surface area contributed by atoms with Crippen LogP contribution in [0.25, 0.3) is 11.3 Å². The minimum atomic E-state index is -0.888. The lowest BCUT2D eigenvalue weighted by Gasteiger charge is -2.24. The van der Waals surface area contributed by atoms with Gasteiger partial charge in [0.05, 0.1) is 37.6 Å². The number of hydrogen-bond acceptors (Lipinski definition) is 5. The molecule has 8 nitrogen and oxygen atoms in total. The Morgan fingerprint density at radius 2 is 1.69 bits per heavy atom. The van der Waals surface area contributed by atoms with E-state index in [1.54, 1.807) is 23.4 Å². The van der Waals surface area contributed by atoms with E-state index in [0.717, 1.165) is 39.2 Å². The van der Waals surface area contributed by atoms with E-state index in [1.165, 1.54) is 0 Å². The highest BCUT2D eigenvalue weighted by atomic mass is 16.5. The molecule has 182 valence electrons. The van der Waals surface area contributed by atoms with Crippen molar-refractivity contribution in [1.29, 1.82) is 0 Å². The Hall–Kier alpha value is -3.81. The minimum Gasteiger partial charge on any atom is -0.493 e. The second kappa shape index (κ2) is 8.45. The fraction of sp³-hybridized carbons (Fsp3) is 0.370. The third-order valence-corrected chi connectivity index (χ3v) is 7.00. The van der Waals surface area contributed by atoms with Crippen LogP contribution in [0.5, 0.6) is 11.5 Å². The Balaban J connectivity index is 1.80. The second-order valence-electron chi connectivity index (χ2n) is 9.41. The Bertz CT molecular complexity index is 1470.